The Morgan fingerprint density at radius 2 is 1.19 bits per heavy atom. The van der Waals surface area contributed by atoms with Gasteiger partial charge in [-0.15, -0.1) is 0 Å². The molecule has 0 aromatic rings. The summed E-state index contributed by atoms with van der Waals surface area (Å²) in [5.41, 5.74) is 0. The van der Waals surface area contributed by atoms with Crippen LogP contribution in [0.1, 0.15) is 162 Å². The van der Waals surface area contributed by atoms with Gasteiger partial charge >= 0.3 is 0 Å². The third-order valence-corrected chi connectivity index (χ3v) is 7.20. The van der Waals surface area contributed by atoms with Gasteiger partial charge in [-0.3, -0.25) is 4.79 Å². The molecule has 0 aliphatic rings. The fourth-order valence-corrected chi connectivity index (χ4v) is 4.71. The van der Waals surface area contributed by atoms with Crippen LogP contribution in [-0.2, 0) is 4.79 Å². The smallest absolute Gasteiger partial charge is 0.220 e. The van der Waals surface area contributed by atoms with Crippen LogP contribution in [0.25, 0.3) is 0 Å². The number of rotatable bonds is 27. The third kappa shape index (κ3) is 24.8. The van der Waals surface area contributed by atoms with Crippen molar-refractivity contribution < 1.29 is 15.0 Å². The van der Waals surface area contributed by atoms with Crippen LogP contribution in [0.2, 0.25) is 0 Å². The molecule has 4 nitrogen and oxygen atoms in total. The Bertz CT molecular complexity index is 492. The quantitative estimate of drug-likeness (QED) is 0.0766. The molecule has 1 amide bonds. The van der Waals surface area contributed by atoms with E-state index in [9.17, 15) is 15.0 Å². The van der Waals surface area contributed by atoms with Crippen LogP contribution in [-0.4, -0.2) is 34.9 Å². The average molecular weight is 510 g/mol. The van der Waals surface area contributed by atoms with Gasteiger partial charge in [0.15, 0.2) is 0 Å². The number of aliphatic hydroxyl groups excluding tert-OH is 2. The number of unbranched alkanes of at least 4 members (excludes halogenated alkanes) is 18. The third-order valence-electron chi connectivity index (χ3n) is 7.20. The lowest BCUT2D eigenvalue weighted by Gasteiger charge is -2.20. The molecule has 0 aliphatic carbocycles. The van der Waals surface area contributed by atoms with Crippen molar-refractivity contribution in [3.05, 3.63) is 12.2 Å². The van der Waals surface area contributed by atoms with Crippen LogP contribution in [0, 0.1) is 5.92 Å². The molecular formula is C32H63NO3. The first kappa shape index (κ1) is 35.1. The zero-order valence-electron chi connectivity index (χ0n) is 24.5. The Morgan fingerprint density at radius 1 is 0.722 bits per heavy atom. The highest BCUT2D eigenvalue weighted by molar-refractivity contribution is 5.76. The van der Waals surface area contributed by atoms with Crippen molar-refractivity contribution >= 4 is 5.91 Å². The van der Waals surface area contributed by atoms with Crippen LogP contribution >= 0.6 is 0 Å². The molecule has 4 heteroatoms. The number of aliphatic hydroxyl groups is 2. The molecule has 3 N–H and O–H groups in total. The molecule has 0 fully saturated rings. The molecule has 0 saturated carbocycles. The Morgan fingerprint density at radius 3 is 1.69 bits per heavy atom. The molecule has 2 atom stereocenters. The topological polar surface area (TPSA) is 69.6 Å². The number of amides is 1. The van der Waals surface area contributed by atoms with Crippen molar-refractivity contribution in [2.75, 3.05) is 6.61 Å². The predicted octanol–water partition coefficient (Wildman–Crippen LogP) is 8.64. The summed E-state index contributed by atoms with van der Waals surface area (Å²) in [5, 5.41) is 22.7. The Hall–Kier alpha value is -0.870. The molecular weight excluding hydrogens is 446 g/mol. The summed E-state index contributed by atoms with van der Waals surface area (Å²) < 4.78 is 0. The molecule has 36 heavy (non-hydrogen) atoms. The minimum atomic E-state index is -0.832. The normalized spacial score (nSPS) is 13.5. The van der Waals surface area contributed by atoms with E-state index in [-0.39, 0.29) is 12.5 Å². The second-order valence-electron chi connectivity index (χ2n) is 11.4. The van der Waals surface area contributed by atoms with E-state index in [0.717, 1.165) is 31.6 Å². The van der Waals surface area contributed by atoms with Gasteiger partial charge in [0.25, 0.3) is 0 Å². The van der Waals surface area contributed by atoms with Crippen molar-refractivity contribution in [2.24, 2.45) is 5.92 Å². The summed E-state index contributed by atoms with van der Waals surface area (Å²) >= 11 is 0. The van der Waals surface area contributed by atoms with E-state index in [1.165, 1.54) is 109 Å². The summed E-state index contributed by atoms with van der Waals surface area (Å²) in [5.74, 6) is 0.757. The van der Waals surface area contributed by atoms with Crippen LogP contribution in [0.15, 0.2) is 12.2 Å². The van der Waals surface area contributed by atoms with E-state index in [4.69, 9.17) is 0 Å². The second-order valence-corrected chi connectivity index (χ2v) is 11.4. The van der Waals surface area contributed by atoms with Crippen molar-refractivity contribution in [1.29, 1.82) is 0 Å². The van der Waals surface area contributed by atoms with Crippen molar-refractivity contribution in [1.82, 2.24) is 5.32 Å². The molecule has 0 aromatic carbocycles. The lowest BCUT2D eigenvalue weighted by Crippen LogP contribution is -2.45. The highest BCUT2D eigenvalue weighted by atomic mass is 16.3. The highest BCUT2D eigenvalue weighted by Crippen LogP contribution is 2.14. The molecule has 0 saturated heterocycles. The summed E-state index contributed by atoms with van der Waals surface area (Å²) in [6, 6.07) is -0.614. The molecule has 0 heterocycles. The van der Waals surface area contributed by atoms with E-state index in [1.54, 1.807) is 6.08 Å². The van der Waals surface area contributed by atoms with E-state index in [2.05, 4.69) is 26.1 Å². The Balaban J connectivity index is 3.67. The maximum atomic E-state index is 12.2. The molecule has 214 valence electrons. The fourth-order valence-electron chi connectivity index (χ4n) is 4.71. The van der Waals surface area contributed by atoms with Gasteiger partial charge in [0.2, 0.25) is 5.91 Å². The summed E-state index contributed by atoms with van der Waals surface area (Å²) in [6.45, 7) is 6.60. The number of allylic oxidation sites excluding steroid dienone is 1. The predicted molar refractivity (Wildman–Crippen MR) is 156 cm³/mol. The molecule has 0 radical (unpaired) electrons. The molecule has 0 bridgehead atoms. The Labute approximate surface area is 225 Å². The zero-order valence-corrected chi connectivity index (χ0v) is 24.5. The van der Waals surface area contributed by atoms with Gasteiger partial charge in [0.1, 0.15) is 0 Å². The average Bonchev–Trinajstić information content (AvgIpc) is 2.86. The van der Waals surface area contributed by atoms with E-state index >= 15 is 0 Å². The Kier molecular flexibility index (Phi) is 26.5. The molecule has 0 spiro atoms. The van der Waals surface area contributed by atoms with Gasteiger partial charge in [-0.1, -0.05) is 148 Å². The van der Waals surface area contributed by atoms with E-state index in [1.807, 2.05) is 6.08 Å². The number of nitrogens with one attached hydrogen (secondary N) is 1. The zero-order chi connectivity index (χ0) is 26.7. The molecule has 0 aromatic heterocycles. The number of carbonyl (C=O) groups excluding carboxylic acids is 1. The summed E-state index contributed by atoms with van der Waals surface area (Å²) in [4.78, 5) is 12.2. The second kappa shape index (κ2) is 27.2. The standard InChI is InChI=1S/C32H63NO3/c1-4-5-6-7-8-9-10-11-15-18-21-24-27-32(36)33-30(28-34)31(35)26-23-20-17-14-12-13-16-19-22-25-29(2)3/h23,26,29-31,34-35H,4-22,24-25,27-28H2,1-3H3,(H,33,36)/b26-23+/t30-,31+/m0/s1. The SMILES string of the molecule is CCCCCCCCCCCCCCC(=O)N[C@@H](CO)[C@H](O)/C=C/CCCCCCCCCC(C)C. The highest BCUT2D eigenvalue weighted by Gasteiger charge is 2.17. The lowest BCUT2D eigenvalue weighted by molar-refractivity contribution is -0.123. The van der Waals surface area contributed by atoms with Crippen LogP contribution in [0.4, 0.5) is 0 Å². The van der Waals surface area contributed by atoms with Gasteiger partial charge in [0, 0.05) is 6.42 Å². The number of carbonyl (C=O) groups is 1. The largest absolute Gasteiger partial charge is 0.394 e. The molecule has 0 unspecified atom stereocenters. The van der Waals surface area contributed by atoms with Crippen molar-refractivity contribution in [3.8, 4) is 0 Å². The first-order valence-corrected chi connectivity index (χ1v) is 15.8. The maximum Gasteiger partial charge on any atom is 0.220 e. The molecule has 0 aliphatic heterocycles. The first-order valence-electron chi connectivity index (χ1n) is 15.8. The van der Waals surface area contributed by atoms with Crippen molar-refractivity contribution in [2.45, 2.75) is 174 Å². The van der Waals surface area contributed by atoms with Gasteiger partial charge in [-0.25, -0.2) is 0 Å². The maximum absolute atomic E-state index is 12.2. The van der Waals surface area contributed by atoms with Crippen LogP contribution in [0.3, 0.4) is 0 Å². The minimum Gasteiger partial charge on any atom is -0.394 e. The van der Waals surface area contributed by atoms with Gasteiger partial charge < -0.3 is 15.5 Å². The van der Waals surface area contributed by atoms with Gasteiger partial charge in [-0.05, 0) is 25.2 Å². The fraction of sp³-hybridized carbons (Fsp3) is 0.906. The first-order chi connectivity index (χ1) is 17.5. The van der Waals surface area contributed by atoms with E-state index in [0.29, 0.717) is 6.42 Å². The van der Waals surface area contributed by atoms with Gasteiger partial charge in [-0.2, -0.15) is 0 Å². The lowest BCUT2D eigenvalue weighted by atomic mass is 10.0. The van der Waals surface area contributed by atoms with E-state index < -0.39 is 12.1 Å². The summed E-state index contributed by atoms with van der Waals surface area (Å²) in [7, 11) is 0. The van der Waals surface area contributed by atoms with Crippen molar-refractivity contribution in [3.63, 3.8) is 0 Å². The molecule has 0 rings (SSSR count). The number of hydrogen-bond acceptors (Lipinski definition) is 3. The monoisotopic (exact) mass is 509 g/mol. The summed E-state index contributed by atoms with van der Waals surface area (Å²) in [6.07, 6.45) is 30.0. The minimum absolute atomic E-state index is 0.0676. The van der Waals surface area contributed by atoms with Gasteiger partial charge in [0.05, 0.1) is 18.8 Å². The van der Waals surface area contributed by atoms with Crippen LogP contribution in [0.5, 0.6) is 0 Å². The number of hydrogen-bond donors (Lipinski definition) is 3. The van der Waals surface area contributed by atoms with Crippen LogP contribution < -0.4 is 5.32 Å².